The smallest absolute Gasteiger partial charge is 0.0673 e. The lowest BCUT2D eigenvalue weighted by Gasteiger charge is -2.34. The monoisotopic (exact) mass is 249 g/mol. The number of nitrogens with two attached hydrogens (primary N) is 1. The van der Waals surface area contributed by atoms with Crippen LogP contribution in [-0.4, -0.2) is 29.0 Å². The lowest BCUT2D eigenvalue weighted by atomic mass is 10.00. The van der Waals surface area contributed by atoms with Gasteiger partial charge in [-0.25, -0.2) is 0 Å². The van der Waals surface area contributed by atoms with Crippen LogP contribution in [0.5, 0.6) is 0 Å². The molecule has 0 saturated heterocycles. The van der Waals surface area contributed by atoms with E-state index in [4.69, 9.17) is 5.73 Å². The standard InChI is InChI=1S/C15H27N3/c1-4-11-18(12-5-2)15(13(16)6-3)14-9-7-8-10-17-14/h7-10,13,15H,4-6,11-12,16H2,1-3H3. The third-order valence-corrected chi connectivity index (χ3v) is 3.28. The zero-order chi connectivity index (χ0) is 13.4. The Hall–Kier alpha value is -0.930. The van der Waals surface area contributed by atoms with Gasteiger partial charge in [-0.3, -0.25) is 9.88 Å². The number of nitrogens with zero attached hydrogens (tertiary/aromatic N) is 2. The molecule has 1 aromatic rings. The molecule has 2 N–H and O–H groups in total. The maximum atomic E-state index is 6.33. The van der Waals surface area contributed by atoms with Crippen molar-refractivity contribution in [2.75, 3.05) is 13.1 Å². The molecule has 2 atom stereocenters. The van der Waals surface area contributed by atoms with Gasteiger partial charge in [0.15, 0.2) is 0 Å². The highest BCUT2D eigenvalue weighted by molar-refractivity contribution is 5.11. The average molecular weight is 249 g/mol. The zero-order valence-corrected chi connectivity index (χ0v) is 12.0. The van der Waals surface area contributed by atoms with Crippen molar-refractivity contribution >= 4 is 0 Å². The molecule has 0 aliphatic carbocycles. The summed E-state index contributed by atoms with van der Waals surface area (Å²) in [7, 11) is 0. The highest BCUT2D eigenvalue weighted by atomic mass is 15.2. The fourth-order valence-electron chi connectivity index (χ4n) is 2.42. The first-order valence-electron chi connectivity index (χ1n) is 7.15. The number of rotatable bonds is 8. The van der Waals surface area contributed by atoms with E-state index in [1.165, 1.54) is 0 Å². The summed E-state index contributed by atoms with van der Waals surface area (Å²) in [6.45, 7) is 8.76. The molecule has 102 valence electrons. The third-order valence-electron chi connectivity index (χ3n) is 3.28. The molecule has 0 aliphatic heterocycles. The van der Waals surface area contributed by atoms with E-state index in [-0.39, 0.29) is 12.1 Å². The molecule has 0 saturated carbocycles. The maximum Gasteiger partial charge on any atom is 0.0673 e. The molecular weight excluding hydrogens is 222 g/mol. The van der Waals surface area contributed by atoms with Gasteiger partial charge in [-0.15, -0.1) is 0 Å². The highest BCUT2D eigenvalue weighted by Gasteiger charge is 2.25. The van der Waals surface area contributed by atoms with Crippen molar-refractivity contribution in [1.82, 2.24) is 9.88 Å². The summed E-state index contributed by atoms with van der Waals surface area (Å²) in [5, 5.41) is 0. The SMILES string of the molecule is CCCN(CCC)C(c1ccccn1)C(N)CC. The first-order chi connectivity index (χ1) is 8.74. The molecule has 0 spiro atoms. The Bertz CT molecular complexity index is 307. The topological polar surface area (TPSA) is 42.2 Å². The summed E-state index contributed by atoms with van der Waals surface area (Å²) in [6.07, 6.45) is 5.14. The van der Waals surface area contributed by atoms with Gasteiger partial charge in [0.1, 0.15) is 0 Å². The maximum absolute atomic E-state index is 6.33. The number of hydrogen-bond donors (Lipinski definition) is 1. The lowest BCUT2D eigenvalue weighted by molar-refractivity contribution is 0.165. The Kier molecular flexibility index (Phi) is 6.91. The predicted octanol–water partition coefficient (Wildman–Crippen LogP) is 2.98. The minimum Gasteiger partial charge on any atom is -0.326 e. The molecule has 0 aromatic carbocycles. The van der Waals surface area contributed by atoms with Crippen LogP contribution in [0.4, 0.5) is 0 Å². The first kappa shape index (κ1) is 15.1. The van der Waals surface area contributed by atoms with E-state index in [0.717, 1.165) is 38.0 Å². The van der Waals surface area contributed by atoms with E-state index in [9.17, 15) is 0 Å². The van der Waals surface area contributed by atoms with Crippen LogP contribution >= 0.6 is 0 Å². The molecule has 1 rings (SSSR count). The average Bonchev–Trinajstić information content (AvgIpc) is 2.40. The van der Waals surface area contributed by atoms with Crippen molar-refractivity contribution in [3.05, 3.63) is 30.1 Å². The molecule has 0 fully saturated rings. The Labute approximate surface area is 111 Å². The fraction of sp³-hybridized carbons (Fsp3) is 0.667. The van der Waals surface area contributed by atoms with E-state index in [1.54, 1.807) is 0 Å². The summed E-state index contributed by atoms with van der Waals surface area (Å²) in [4.78, 5) is 6.99. The van der Waals surface area contributed by atoms with Crippen molar-refractivity contribution in [3.63, 3.8) is 0 Å². The Morgan fingerprint density at radius 2 is 1.83 bits per heavy atom. The second kappa shape index (κ2) is 8.22. The highest BCUT2D eigenvalue weighted by Crippen LogP contribution is 2.23. The Morgan fingerprint density at radius 3 is 2.28 bits per heavy atom. The molecule has 0 aliphatic rings. The van der Waals surface area contributed by atoms with Crippen molar-refractivity contribution in [2.24, 2.45) is 5.73 Å². The lowest BCUT2D eigenvalue weighted by Crippen LogP contribution is -2.42. The summed E-state index contributed by atoms with van der Waals surface area (Å²) < 4.78 is 0. The zero-order valence-electron chi connectivity index (χ0n) is 12.0. The van der Waals surface area contributed by atoms with Crippen LogP contribution in [0, 0.1) is 0 Å². The van der Waals surface area contributed by atoms with Crippen molar-refractivity contribution in [2.45, 2.75) is 52.1 Å². The van der Waals surface area contributed by atoms with Gasteiger partial charge < -0.3 is 5.73 Å². The summed E-state index contributed by atoms with van der Waals surface area (Å²) in [5.74, 6) is 0. The fourth-order valence-corrected chi connectivity index (χ4v) is 2.42. The first-order valence-corrected chi connectivity index (χ1v) is 7.15. The predicted molar refractivity (Wildman–Crippen MR) is 77.4 cm³/mol. The third kappa shape index (κ3) is 4.07. The Balaban J connectivity index is 2.95. The minimum absolute atomic E-state index is 0.151. The van der Waals surface area contributed by atoms with Gasteiger partial charge in [0.2, 0.25) is 0 Å². The second-order valence-corrected chi connectivity index (χ2v) is 4.81. The summed E-state index contributed by atoms with van der Waals surface area (Å²) >= 11 is 0. The van der Waals surface area contributed by atoms with E-state index >= 15 is 0 Å². The van der Waals surface area contributed by atoms with Crippen molar-refractivity contribution in [3.8, 4) is 0 Å². The molecule has 0 bridgehead atoms. The molecule has 18 heavy (non-hydrogen) atoms. The van der Waals surface area contributed by atoms with Gasteiger partial charge in [-0.2, -0.15) is 0 Å². The van der Waals surface area contributed by atoms with E-state index in [1.807, 2.05) is 18.3 Å². The molecular formula is C15H27N3. The van der Waals surface area contributed by atoms with Crippen LogP contribution in [0.2, 0.25) is 0 Å². The van der Waals surface area contributed by atoms with Gasteiger partial charge in [0.25, 0.3) is 0 Å². The van der Waals surface area contributed by atoms with Gasteiger partial charge in [0, 0.05) is 12.2 Å². The number of pyridine rings is 1. The summed E-state index contributed by atoms with van der Waals surface area (Å²) in [5.41, 5.74) is 7.43. The quantitative estimate of drug-likeness (QED) is 0.770. The van der Waals surface area contributed by atoms with Crippen LogP contribution in [0.3, 0.4) is 0 Å². The van der Waals surface area contributed by atoms with Crippen LogP contribution < -0.4 is 5.73 Å². The van der Waals surface area contributed by atoms with Gasteiger partial charge in [-0.1, -0.05) is 26.8 Å². The van der Waals surface area contributed by atoms with Gasteiger partial charge in [-0.05, 0) is 44.5 Å². The van der Waals surface area contributed by atoms with E-state index in [0.29, 0.717) is 0 Å². The number of aromatic nitrogens is 1. The van der Waals surface area contributed by atoms with Crippen molar-refractivity contribution in [1.29, 1.82) is 0 Å². The molecule has 2 unspecified atom stereocenters. The normalized spacial score (nSPS) is 14.7. The van der Waals surface area contributed by atoms with Crippen LogP contribution in [0.15, 0.2) is 24.4 Å². The molecule has 1 heterocycles. The van der Waals surface area contributed by atoms with Gasteiger partial charge in [0.05, 0.1) is 11.7 Å². The minimum atomic E-state index is 0.151. The van der Waals surface area contributed by atoms with Crippen LogP contribution in [0.1, 0.15) is 51.8 Å². The van der Waals surface area contributed by atoms with E-state index < -0.39 is 0 Å². The Morgan fingerprint density at radius 1 is 1.17 bits per heavy atom. The molecule has 0 amide bonds. The number of hydrogen-bond acceptors (Lipinski definition) is 3. The molecule has 0 radical (unpaired) electrons. The molecule has 1 aromatic heterocycles. The van der Waals surface area contributed by atoms with Crippen LogP contribution in [-0.2, 0) is 0 Å². The molecule has 3 nitrogen and oxygen atoms in total. The van der Waals surface area contributed by atoms with E-state index in [2.05, 4.69) is 36.7 Å². The second-order valence-electron chi connectivity index (χ2n) is 4.81. The largest absolute Gasteiger partial charge is 0.326 e. The van der Waals surface area contributed by atoms with Crippen molar-refractivity contribution < 1.29 is 0 Å². The van der Waals surface area contributed by atoms with Gasteiger partial charge >= 0.3 is 0 Å². The summed E-state index contributed by atoms with van der Waals surface area (Å²) in [6, 6.07) is 6.50. The molecule has 3 heteroatoms. The van der Waals surface area contributed by atoms with Crippen LogP contribution in [0.25, 0.3) is 0 Å².